The average Bonchev–Trinajstić information content (AvgIpc) is 3.06. The van der Waals surface area contributed by atoms with Crippen LogP contribution < -0.4 is 0 Å². The Balaban J connectivity index is 1.89. The van der Waals surface area contributed by atoms with Gasteiger partial charge < -0.3 is 14.6 Å². The van der Waals surface area contributed by atoms with Gasteiger partial charge in [0.15, 0.2) is 0 Å². The zero-order valence-electron chi connectivity index (χ0n) is 18.2. The summed E-state index contributed by atoms with van der Waals surface area (Å²) in [5.74, 6) is -1.56. The third kappa shape index (κ3) is 3.88. The second kappa shape index (κ2) is 8.06. The minimum atomic E-state index is -0.606. The molecule has 3 aromatic rings. The highest BCUT2D eigenvalue weighted by atomic mass is 35.5. The van der Waals surface area contributed by atoms with Crippen molar-refractivity contribution in [3.63, 3.8) is 0 Å². The van der Waals surface area contributed by atoms with E-state index in [0.29, 0.717) is 11.3 Å². The number of ether oxygens (including phenoxy) is 1. The van der Waals surface area contributed by atoms with Crippen LogP contribution in [0.25, 0.3) is 16.6 Å². The summed E-state index contributed by atoms with van der Waals surface area (Å²) in [6.07, 6.45) is 2.83. The molecule has 166 valence electrons. The minimum Gasteiger partial charge on any atom is -0.459 e. The summed E-state index contributed by atoms with van der Waals surface area (Å²) >= 11 is 5.90. The van der Waals surface area contributed by atoms with Crippen molar-refractivity contribution in [2.45, 2.75) is 39.2 Å². The molecule has 3 heterocycles. The van der Waals surface area contributed by atoms with Crippen molar-refractivity contribution in [1.29, 1.82) is 0 Å². The highest BCUT2D eigenvalue weighted by Gasteiger charge is 2.38. The number of benzene rings is 1. The molecule has 0 spiro atoms. The van der Waals surface area contributed by atoms with Crippen LogP contribution in [0.1, 0.15) is 49.3 Å². The number of hydrogen-bond donors (Lipinski definition) is 1. The number of nitrogens with one attached hydrogen (secondary N) is 1. The van der Waals surface area contributed by atoms with Gasteiger partial charge in [0.25, 0.3) is 5.91 Å². The van der Waals surface area contributed by atoms with E-state index in [1.165, 1.54) is 23.2 Å². The molecule has 0 saturated carbocycles. The predicted molar refractivity (Wildman–Crippen MR) is 121 cm³/mol. The van der Waals surface area contributed by atoms with E-state index in [9.17, 15) is 14.0 Å². The first kappa shape index (κ1) is 22.0. The number of nitrogens with zero attached hydrogens (tertiary/aromatic N) is 2. The van der Waals surface area contributed by atoms with Crippen LogP contribution in [0.5, 0.6) is 0 Å². The first-order chi connectivity index (χ1) is 15.1. The molecular weight excluding hydrogens is 433 g/mol. The van der Waals surface area contributed by atoms with Crippen molar-refractivity contribution in [3.05, 3.63) is 70.4 Å². The molecule has 0 unspecified atom stereocenters. The topological polar surface area (TPSA) is 75.3 Å². The lowest BCUT2D eigenvalue weighted by Crippen LogP contribution is -2.37. The van der Waals surface area contributed by atoms with E-state index >= 15 is 0 Å². The van der Waals surface area contributed by atoms with E-state index in [-0.39, 0.29) is 28.8 Å². The summed E-state index contributed by atoms with van der Waals surface area (Å²) in [6, 6.07) is 7.58. The summed E-state index contributed by atoms with van der Waals surface area (Å²) in [7, 11) is 0. The monoisotopic (exact) mass is 455 g/mol. The minimum absolute atomic E-state index is 0.143. The second-order valence-corrected chi connectivity index (χ2v) is 9.12. The first-order valence-electron chi connectivity index (χ1n) is 10.2. The number of hydrogen-bond acceptors (Lipinski definition) is 4. The molecule has 4 rings (SSSR count). The Morgan fingerprint density at radius 1 is 1.28 bits per heavy atom. The van der Waals surface area contributed by atoms with Gasteiger partial charge in [0, 0.05) is 35.3 Å². The van der Waals surface area contributed by atoms with Crippen LogP contribution in [-0.4, -0.2) is 39.4 Å². The molecule has 1 aliphatic rings. The summed E-state index contributed by atoms with van der Waals surface area (Å²) < 4.78 is 19.1. The number of pyridine rings is 1. The van der Waals surface area contributed by atoms with Crippen molar-refractivity contribution >= 4 is 40.1 Å². The number of carbonyl (C=O) groups excluding carboxylic acids is 2. The summed E-state index contributed by atoms with van der Waals surface area (Å²) in [5.41, 5.74) is 1.99. The zero-order valence-corrected chi connectivity index (χ0v) is 19.0. The van der Waals surface area contributed by atoms with Crippen molar-refractivity contribution in [3.8, 4) is 0 Å². The van der Waals surface area contributed by atoms with Gasteiger partial charge in [-0.15, -0.1) is 0 Å². The Hall–Kier alpha value is -3.19. The van der Waals surface area contributed by atoms with E-state index < -0.39 is 23.1 Å². The third-order valence-corrected chi connectivity index (χ3v) is 5.65. The van der Waals surface area contributed by atoms with Gasteiger partial charge in [-0.3, -0.25) is 4.79 Å². The van der Waals surface area contributed by atoms with Crippen molar-refractivity contribution in [2.75, 3.05) is 6.54 Å². The Labute approximate surface area is 190 Å². The number of aromatic nitrogens is 2. The van der Waals surface area contributed by atoms with E-state index in [1.54, 1.807) is 20.0 Å². The van der Waals surface area contributed by atoms with Gasteiger partial charge in [0.2, 0.25) is 0 Å². The first-order valence-corrected chi connectivity index (χ1v) is 10.6. The Bertz CT molecular complexity index is 1260. The van der Waals surface area contributed by atoms with Gasteiger partial charge in [0.1, 0.15) is 11.5 Å². The van der Waals surface area contributed by atoms with E-state index in [1.807, 2.05) is 26.0 Å². The van der Waals surface area contributed by atoms with Crippen LogP contribution in [0.2, 0.25) is 5.02 Å². The molecule has 0 saturated heterocycles. The molecule has 1 aliphatic heterocycles. The lowest BCUT2D eigenvalue weighted by molar-refractivity contribution is -0.140. The van der Waals surface area contributed by atoms with E-state index in [0.717, 1.165) is 17.0 Å². The highest BCUT2D eigenvalue weighted by Crippen LogP contribution is 2.40. The average molecular weight is 456 g/mol. The summed E-state index contributed by atoms with van der Waals surface area (Å²) in [5, 5.41) is 0.727. The summed E-state index contributed by atoms with van der Waals surface area (Å²) in [6.45, 7) is 7.78. The number of halogens is 2. The van der Waals surface area contributed by atoms with Crippen LogP contribution in [0.4, 0.5) is 4.39 Å². The van der Waals surface area contributed by atoms with E-state index in [4.69, 9.17) is 16.3 Å². The Kier molecular flexibility index (Phi) is 5.54. The molecule has 32 heavy (non-hydrogen) atoms. The van der Waals surface area contributed by atoms with Crippen molar-refractivity contribution < 1.29 is 18.7 Å². The molecule has 2 aromatic heterocycles. The zero-order chi connectivity index (χ0) is 23.2. The van der Waals surface area contributed by atoms with Gasteiger partial charge in [-0.05, 0) is 49.7 Å². The normalized spacial score (nSPS) is 15.3. The second-order valence-electron chi connectivity index (χ2n) is 8.72. The van der Waals surface area contributed by atoms with Gasteiger partial charge in [-0.2, -0.15) is 0 Å². The molecule has 0 aliphatic carbocycles. The third-order valence-electron chi connectivity index (χ3n) is 5.36. The Morgan fingerprint density at radius 2 is 2.03 bits per heavy atom. The molecule has 0 radical (unpaired) electrons. The molecular formula is C24H23ClFN3O3. The van der Waals surface area contributed by atoms with Gasteiger partial charge in [-0.1, -0.05) is 25.4 Å². The maximum absolute atomic E-state index is 13.6. The molecule has 6 nitrogen and oxygen atoms in total. The smallest absolute Gasteiger partial charge is 0.342 e. The maximum atomic E-state index is 13.6. The fourth-order valence-electron chi connectivity index (χ4n) is 4.06. The highest BCUT2D eigenvalue weighted by molar-refractivity contribution is 6.31. The SMILES string of the molecule is CC(C)OC(=O)C1=CN(C(=O)c2ccc(F)c(Cl)c2)CC(C)(C)c2c1[nH]c1ncccc21. The number of carbonyl (C=O) groups is 2. The molecule has 0 atom stereocenters. The number of H-pyrrole nitrogens is 1. The Morgan fingerprint density at radius 3 is 2.72 bits per heavy atom. The summed E-state index contributed by atoms with van der Waals surface area (Å²) in [4.78, 5) is 35.5. The molecule has 1 aromatic carbocycles. The van der Waals surface area contributed by atoms with Gasteiger partial charge in [0.05, 0.1) is 22.4 Å². The number of amides is 1. The lowest BCUT2D eigenvalue weighted by atomic mass is 9.82. The quantitative estimate of drug-likeness (QED) is 0.559. The molecule has 8 heteroatoms. The van der Waals surface area contributed by atoms with Crippen LogP contribution in [-0.2, 0) is 14.9 Å². The van der Waals surface area contributed by atoms with Crippen molar-refractivity contribution in [2.24, 2.45) is 0 Å². The fourth-order valence-corrected chi connectivity index (χ4v) is 4.24. The number of aromatic amines is 1. The number of esters is 1. The molecule has 0 bridgehead atoms. The van der Waals surface area contributed by atoms with Gasteiger partial charge >= 0.3 is 5.97 Å². The molecule has 1 amide bonds. The predicted octanol–water partition coefficient (Wildman–Crippen LogP) is 5.08. The van der Waals surface area contributed by atoms with Crippen molar-refractivity contribution in [1.82, 2.24) is 14.9 Å². The van der Waals surface area contributed by atoms with Crippen LogP contribution in [0, 0.1) is 5.82 Å². The van der Waals surface area contributed by atoms with E-state index in [2.05, 4.69) is 9.97 Å². The number of fused-ring (bicyclic) bond motifs is 3. The largest absolute Gasteiger partial charge is 0.459 e. The van der Waals surface area contributed by atoms with Crippen LogP contribution in [0.3, 0.4) is 0 Å². The van der Waals surface area contributed by atoms with Gasteiger partial charge in [-0.25, -0.2) is 14.2 Å². The van der Waals surface area contributed by atoms with Crippen LogP contribution in [0.15, 0.2) is 42.7 Å². The molecule has 0 fully saturated rings. The fraction of sp³-hybridized carbons (Fsp3) is 0.292. The standard InChI is InChI=1S/C24H23ClFN3O3/c1-13(2)32-23(31)16-11-29(22(30)14-7-8-18(26)17(25)10-14)12-24(3,4)19-15-6-5-9-27-21(15)28-20(16)19/h5-11,13H,12H2,1-4H3,(H,27,28). The van der Waals surface area contributed by atoms with Crippen LogP contribution >= 0.6 is 11.6 Å². The maximum Gasteiger partial charge on any atom is 0.342 e. The number of rotatable bonds is 3. The lowest BCUT2D eigenvalue weighted by Gasteiger charge is -2.29. The molecule has 1 N–H and O–H groups in total.